The molecule has 0 unspecified atom stereocenters. The SMILES string of the molecule is Fc1ccnc2ccccc12. The van der Waals surface area contributed by atoms with Crippen molar-refractivity contribution in [1.29, 1.82) is 0 Å². The first-order valence-corrected chi connectivity index (χ1v) is 3.37. The van der Waals surface area contributed by atoms with Gasteiger partial charge in [-0.25, -0.2) is 4.39 Å². The van der Waals surface area contributed by atoms with Gasteiger partial charge in [-0.2, -0.15) is 0 Å². The third-order valence-electron chi connectivity index (χ3n) is 1.60. The average molecular weight is 147 g/mol. The topological polar surface area (TPSA) is 12.9 Å². The van der Waals surface area contributed by atoms with Gasteiger partial charge in [0.25, 0.3) is 0 Å². The molecular weight excluding hydrogens is 141 g/mol. The van der Waals surface area contributed by atoms with Gasteiger partial charge in [0, 0.05) is 11.6 Å². The number of rotatable bonds is 0. The van der Waals surface area contributed by atoms with Gasteiger partial charge in [-0.05, 0) is 18.2 Å². The van der Waals surface area contributed by atoms with Crippen LogP contribution < -0.4 is 0 Å². The number of para-hydroxylation sites is 1. The maximum Gasteiger partial charge on any atom is 0.134 e. The van der Waals surface area contributed by atoms with Gasteiger partial charge in [0.15, 0.2) is 0 Å². The summed E-state index contributed by atoms with van der Waals surface area (Å²) < 4.78 is 12.9. The molecule has 0 bridgehead atoms. The van der Waals surface area contributed by atoms with Crippen LogP contribution in [0.4, 0.5) is 4.39 Å². The van der Waals surface area contributed by atoms with E-state index >= 15 is 0 Å². The third kappa shape index (κ3) is 0.963. The number of fused-ring (bicyclic) bond motifs is 1. The molecule has 2 heteroatoms. The third-order valence-corrected chi connectivity index (χ3v) is 1.60. The lowest BCUT2D eigenvalue weighted by Gasteiger charge is -1.95. The fourth-order valence-corrected chi connectivity index (χ4v) is 1.06. The van der Waals surface area contributed by atoms with E-state index in [1.807, 2.05) is 6.07 Å². The van der Waals surface area contributed by atoms with Gasteiger partial charge >= 0.3 is 0 Å². The van der Waals surface area contributed by atoms with Crippen molar-refractivity contribution in [2.45, 2.75) is 0 Å². The van der Waals surface area contributed by atoms with Crippen molar-refractivity contribution in [3.05, 3.63) is 42.3 Å². The minimum Gasteiger partial charge on any atom is -0.256 e. The summed E-state index contributed by atoms with van der Waals surface area (Å²) in [6.07, 6.45) is 1.47. The molecular formula is C9H6FN. The second-order valence-electron chi connectivity index (χ2n) is 2.31. The molecule has 0 aliphatic rings. The lowest BCUT2D eigenvalue weighted by Crippen LogP contribution is -1.80. The second kappa shape index (κ2) is 2.31. The molecule has 0 fully saturated rings. The number of hydrogen-bond donors (Lipinski definition) is 0. The number of nitrogens with zero attached hydrogens (tertiary/aromatic N) is 1. The van der Waals surface area contributed by atoms with Crippen molar-refractivity contribution in [2.24, 2.45) is 0 Å². The second-order valence-corrected chi connectivity index (χ2v) is 2.31. The van der Waals surface area contributed by atoms with Gasteiger partial charge in [0.2, 0.25) is 0 Å². The Bertz CT molecular complexity index is 379. The standard InChI is InChI=1S/C9H6FN/c10-8-5-6-11-9-4-2-1-3-7(8)9/h1-6H. The van der Waals surface area contributed by atoms with Crippen molar-refractivity contribution in [1.82, 2.24) is 4.98 Å². The molecule has 1 nitrogen and oxygen atoms in total. The molecule has 11 heavy (non-hydrogen) atoms. The molecule has 0 aliphatic carbocycles. The summed E-state index contributed by atoms with van der Waals surface area (Å²) in [7, 11) is 0. The van der Waals surface area contributed by atoms with Crippen molar-refractivity contribution >= 4 is 10.9 Å². The minimum atomic E-state index is -0.212. The Kier molecular flexibility index (Phi) is 1.32. The zero-order valence-electron chi connectivity index (χ0n) is 5.79. The largest absolute Gasteiger partial charge is 0.256 e. The Labute approximate surface area is 63.5 Å². The van der Waals surface area contributed by atoms with E-state index in [1.54, 1.807) is 18.2 Å². The molecule has 2 aromatic rings. The van der Waals surface area contributed by atoms with Crippen molar-refractivity contribution in [3.63, 3.8) is 0 Å². The predicted octanol–water partition coefficient (Wildman–Crippen LogP) is 2.37. The number of halogens is 1. The fourth-order valence-electron chi connectivity index (χ4n) is 1.06. The van der Waals surface area contributed by atoms with E-state index in [-0.39, 0.29) is 5.82 Å². The molecule has 0 N–H and O–H groups in total. The molecule has 1 heterocycles. The Hall–Kier alpha value is -1.44. The highest BCUT2D eigenvalue weighted by atomic mass is 19.1. The molecule has 0 radical (unpaired) electrons. The van der Waals surface area contributed by atoms with Gasteiger partial charge in [-0.15, -0.1) is 0 Å². The minimum absolute atomic E-state index is 0.212. The van der Waals surface area contributed by atoms with Crippen LogP contribution in [0, 0.1) is 5.82 Å². The maximum absolute atomic E-state index is 12.9. The van der Waals surface area contributed by atoms with E-state index in [0.29, 0.717) is 10.9 Å². The van der Waals surface area contributed by atoms with E-state index < -0.39 is 0 Å². The lowest BCUT2D eigenvalue weighted by molar-refractivity contribution is 0.638. The smallest absolute Gasteiger partial charge is 0.134 e. The van der Waals surface area contributed by atoms with Gasteiger partial charge in [0.05, 0.1) is 5.52 Å². The zero-order chi connectivity index (χ0) is 7.68. The molecule has 1 aromatic carbocycles. The summed E-state index contributed by atoms with van der Waals surface area (Å²) in [5, 5.41) is 0.579. The Morgan fingerprint density at radius 3 is 2.73 bits per heavy atom. The van der Waals surface area contributed by atoms with Gasteiger partial charge < -0.3 is 0 Å². The van der Waals surface area contributed by atoms with E-state index in [2.05, 4.69) is 4.98 Å². The van der Waals surface area contributed by atoms with Crippen molar-refractivity contribution in [3.8, 4) is 0 Å². The molecule has 0 amide bonds. The van der Waals surface area contributed by atoms with Gasteiger partial charge in [-0.3, -0.25) is 4.98 Å². The molecule has 2 rings (SSSR count). The summed E-state index contributed by atoms with van der Waals surface area (Å²) in [6.45, 7) is 0. The summed E-state index contributed by atoms with van der Waals surface area (Å²) in [6, 6.07) is 8.51. The molecule has 0 saturated heterocycles. The monoisotopic (exact) mass is 147 g/mol. The van der Waals surface area contributed by atoms with E-state index in [0.717, 1.165) is 0 Å². The van der Waals surface area contributed by atoms with Crippen LogP contribution in [0.1, 0.15) is 0 Å². The zero-order valence-corrected chi connectivity index (χ0v) is 5.79. The number of hydrogen-bond acceptors (Lipinski definition) is 1. The first-order valence-electron chi connectivity index (χ1n) is 3.37. The molecule has 0 saturated carbocycles. The average Bonchev–Trinajstić information content (AvgIpc) is 2.06. The first kappa shape index (κ1) is 6.28. The number of pyridine rings is 1. The maximum atomic E-state index is 12.9. The Morgan fingerprint density at radius 2 is 1.91 bits per heavy atom. The van der Waals surface area contributed by atoms with E-state index in [9.17, 15) is 4.39 Å². The van der Waals surface area contributed by atoms with Crippen LogP contribution in [-0.2, 0) is 0 Å². The van der Waals surface area contributed by atoms with Crippen LogP contribution in [0.3, 0.4) is 0 Å². The molecule has 54 valence electrons. The van der Waals surface area contributed by atoms with Crippen LogP contribution in [0.5, 0.6) is 0 Å². The highest BCUT2D eigenvalue weighted by Gasteiger charge is 1.96. The highest BCUT2D eigenvalue weighted by molar-refractivity contribution is 5.78. The van der Waals surface area contributed by atoms with Crippen LogP contribution in [0.15, 0.2) is 36.5 Å². The predicted molar refractivity (Wildman–Crippen MR) is 41.7 cm³/mol. The van der Waals surface area contributed by atoms with E-state index in [1.165, 1.54) is 12.3 Å². The van der Waals surface area contributed by atoms with Crippen molar-refractivity contribution in [2.75, 3.05) is 0 Å². The Morgan fingerprint density at radius 1 is 1.09 bits per heavy atom. The molecule has 0 aliphatic heterocycles. The summed E-state index contributed by atoms with van der Waals surface area (Å²) >= 11 is 0. The van der Waals surface area contributed by atoms with Crippen LogP contribution in [0.25, 0.3) is 10.9 Å². The van der Waals surface area contributed by atoms with E-state index in [4.69, 9.17) is 0 Å². The summed E-state index contributed by atoms with van der Waals surface area (Å²) in [4.78, 5) is 4.00. The van der Waals surface area contributed by atoms with Gasteiger partial charge in [-0.1, -0.05) is 12.1 Å². The van der Waals surface area contributed by atoms with Crippen molar-refractivity contribution < 1.29 is 4.39 Å². The van der Waals surface area contributed by atoms with Crippen LogP contribution >= 0.6 is 0 Å². The normalized spacial score (nSPS) is 10.3. The molecule has 0 spiro atoms. The summed E-state index contributed by atoms with van der Waals surface area (Å²) in [5.74, 6) is -0.212. The highest BCUT2D eigenvalue weighted by Crippen LogP contribution is 2.13. The van der Waals surface area contributed by atoms with Crippen LogP contribution in [-0.4, -0.2) is 4.98 Å². The number of benzene rings is 1. The summed E-state index contributed by atoms with van der Waals surface area (Å²) in [5.41, 5.74) is 0.701. The first-order chi connectivity index (χ1) is 5.38. The Balaban J connectivity index is 2.91. The fraction of sp³-hybridized carbons (Fsp3) is 0. The molecule has 0 atom stereocenters. The molecule has 1 aromatic heterocycles. The van der Waals surface area contributed by atoms with Gasteiger partial charge in [0.1, 0.15) is 5.82 Å². The quantitative estimate of drug-likeness (QED) is 0.557. The van der Waals surface area contributed by atoms with Crippen LogP contribution in [0.2, 0.25) is 0 Å². The lowest BCUT2D eigenvalue weighted by atomic mass is 10.2. The number of aromatic nitrogens is 1.